The van der Waals surface area contributed by atoms with Gasteiger partial charge in [-0.3, -0.25) is 4.18 Å². The monoisotopic (exact) mass is 366 g/mol. The van der Waals surface area contributed by atoms with E-state index in [1.807, 2.05) is 0 Å². The molecule has 9 heteroatoms. The van der Waals surface area contributed by atoms with E-state index in [4.69, 9.17) is 0 Å². The van der Waals surface area contributed by atoms with Crippen molar-refractivity contribution in [3.63, 3.8) is 0 Å². The molecule has 0 bridgehead atoms. The minimum absolute atomic E-state index is 0.0836. The third-order valence-corrected chi connectivity index (χ3v) is 4.39. The molecule has 2 aromatic rings. The Kier molecular flexibility index (Phi) is 4.95. The lowest BCUT2D eigenvalue weighted by molar-refractivity contribution is -0.0455. The first-order chi connectivity index (χ1) is 11.0. The van der Waals surface area contributed by atoms with Gasteiger partial charge in [0, 0.05) is 5.56 Å². The molecule has 0 aliphatic rings. The van der Waals surface area contributed by atoms with Crippen molar-refractivity contribution in [2.75, 3.05) is 6.61 Å². The van der Waals surface area contributed by atoms with Gasteiger partial charge in [-0.25, -0.2) is 13.2 Å². The summed E-state index contributed by atoms with van der Waals surface area (Å²) in [5.74, 6) is -9.58. The number of rotatable bonds is 5. The van der Waals surface area contributed by atoms with E-state index in [9.17, 15) is 30.4 Å². The van der Waals surface area contributed by atoms with E-state index in [2.05, 4.69) is 4.18 Å². The van der Waals surface area contributed by atoms with E-state index < -0.39 is 45.7 Å². The van der Waals surface area contributed by atoms with Crippen LogP contribution in [0.3, 0.4) is 0 Å². The van der Waals surface area contributed by atoms with Crippen molar-refractivity contribution in [2.24, 2.45) is 0 Å². The Labute approximate surface area is 134 Å². The molecule has 2 aromatic carbocycles. The predicted octanol–water partition coefficient (Wildman–Crippen LogP) is 3.91. The summed E-state index contributed by atoms with van der Waals surface area (Å²) in [7, 11) is -4.49. The Hall–Kier alpha value is -2.00. The number of halogens is 5. The Balaban J connectivity index is 2.22. The van der Waals surface area contributed by atoms with E-state index in [1.54, 1.807) is 6.92 Å². The third-order valence-electron chi connectivity index (χ3n) is 3.11. The fourth-order valence-corrected chi connectivity index (χ4v) is 2.68. The second-order valence-corrected chi connectivity index (χ2v) is 6.60. The minimum atomic E-state index is -4.49. The van der Waals surface area contributed by atoms with Crippen molar-refractivity contribution < 1.29 is 34.6 Å². The highest BCUT2D eigenvalue weighted by molar-refractivity contribution is 7.86. The van der Waals surface area contributed by atoms with E-state index in [-0.39, 0.29) is 17.0 Å². The largest absolute Gasteiger partial charge is 0.297 e. The fourth-order valence-electron chi connectivity index (χ4n) is 1.77. The van der Waals surface area contributed by atoms with Crippen LogP contribution in [0.2, 0.25) is 0 Å². The van der Waals surface area contributed by atoms with Crippen LogP contribution >= 0.6 is 0 Å². The van der Waals surface area contributed by atoms with Gasteiger partial charge in [0.1, 0.15) is 6.61 Å². The van der Waals surface area contributed by atoms with Gasteiger partial charge >= 0.3 is 0 Å². The van der Waals surface area contributed by atoms with Crippen LogP contribution in [0.1, 0.15) is 11.1 Å². The SMILES string of the molecule is Cc1ccc(S(=O)(=O)OCC(F)(F)c2cc(F)c(F)c(F)c2)cc1. The fraction of sp³-hybridized carbons (Fsp3) is 0.200. The highest BCUT2D eigenvalue weighted by atomic mass is 32.2. The molecule has 0 saturated carbocycles. The van der Waals surface area contributed by atoms with Gasteiger partial charge in [0.25, 0.3) is 16.0 Å². The van der Waals surface area contributed by atoms with Crippen LogP contribution in [0.15, 0.2) is 41.3 Å². The molecule has 3 nitrogen and oxygen atoms in total. The Bertz CT molecular complexity index is 825. The molecule has 0 fully saturated rings. The van der Waals surface area contributed by atoms with Crippen LogP contribution < -0.4 is 0 Å². The van der Waals surface area contributed by atoms with Gasteiger partial charge in [0.15, 0.2) is 17.5 Å². The smallest absolute Gasteiger partial charge is 0.260 e. The topological polar surface area (TPSA) is 43.4 Å². The molecular weight excluding hydrogens is 355 g/mol. The quantitative estimate of drug-likeness (QED) is 0.458. The molecule has 0 spiro atoms. The highest BCUT2D eigenvalue weighted by Gasteiger charge is 2.36. The first-order valence-corrected chi connectivity index (χ1v) is 7.93. The van der Waals surface area contributed by atoms with Crippen molar-refractivity contribution >= 4 is 10.1 Å². The van der Waals surface area contributed by atoms with Crippen LogP contribution in [-0.2, 0) is 20.2 Å². The third kappa shape index (κ3) is 3.90. The molecule has 2 rings (SSSR count). The van der Waals surface area contributed by atoms with E-state index in [1.165, 1.54) is 24.3 Å². The van der Waals surface area contributed by atoms with Gasteiger partial charge in [-0.2, -0.15) is 17.2 Å². The molecule has 0 amide bonds. The lowest BCUT2D eigenvalue weighted by Gasteiger charge is -2.17. The molecule has 0 aromatic heterocycles. The summed E-state index contributed by atoms with van der Waals surface area (Å²) in [4.78, 5) is -0.347. The molecule has 0 aliphatic heterocycles. The van der Waals surface area contributed by atoms with Gasteiger partial charge in [0.2, 0.25) is 0 Å². The number of hydrogen-bond donors (Lipinski definition) is 0. The van der Waals surface area contributed by atoms with Gasteiger partial charge < -0.3 is 0 Å². The molecule has 0 radical (unpaired) electrons. The van der Waals surface area contributed by atoms with Crippen molar-refractivity contribution in [3.05, 3.63) is 65.0 Å². The maximum Gasteiger partial charge on any atom is 0.297 e. The lowest BCUT2D eigenvalue weighted by Crippen LogP contribution is -2.24. The number of aryl methyl sites for hydroxylation is 1. The van der Waals surface area contributed by atoms with Crippen LogP contribution in [0.4, 0.5) is 22.0 Å². The Morgan fingerprint density at radius 1 is 1.00 bits per heavy atom. The Morgan fingerprint density at radius 2 is 1.50 bits per heavy atom. The van der Waals surface area contributed by atoms with Crippen molar-refractivity contribution in [1.29, 1.82) is 0 Å². The van der Waals surface area contributed by atoms with Crippen molar-refractivity contribution in [1.82, 2.24) is 0 Å². The van der Waals surface area contributed by atoms with Gasteiger partial charge in [-0.1, -0.05) is 17.7 Å². The zero-order valence-electron chi connectivity index (χ0n) is 12.2. The molecular formula is C15H11F5O3S. The zero-order chi connectivity index (χ0) is 18.1. The summed E-state index contributed by atoms with van der Waals surface area (Å²) in [6.07, 6.45) is 0. The second-order valence-electron chi connectivity index (χ2n) is 4.99. The lowest BCUT2D eigenvalue weighted by atomic mass is 10.1. The molecule has 24 heavy (non-hydrogen) atoms. The molecule has 0 heterocycles. The molecule has 0 atom stereocenters. The number of hydrogen-bond acceptors (Lipinski definition) is 3. The van der Waals surface area contributed by atoms with Crippen LogP contribution in [0, 0.1) is 24.4 Å². The van der Waals surface area contributed by atoms with Crippen LogP contribution in [-0.4, -0.2) is 15.0 Å². The molecule has 0 unspecified atom stereocenters. The average molecular weight is 366 g/mol. The average Bonchev–Trinajstić information content (AvgIpc) is 2.51. The van der Waals surface area contributed by atoms with E-state index in [0.29, 0.717) is 0 Å². The van der Waals surface area contributed by atoms with Gasteiger partial charge in [0.05, 0.1) is 4.90 Å². The van der Waals surface area contributed by atoms with Crippen LogP contribution in [0.25, 0.3) is 0 Å². The summed E-state index contributed by atoms with van der Waals surface area (Å²) < 4.78 is 94.7. The van der Waals surface area contributed by atoms with E-state index in [0.717, 1.165) is 5.56 Å². The minimum Gasteiger partial charge on any atom is -0.260 e. The zero-order valence-corrected chi connectivity index (χ0v) is 13.0. The maximum absolute atomic E-state index is 13.9. The van der Waals surface area contributed by atoms with E-state index >= 15 is 0 Å². The molecule has 0 aliphatic carbocycles. The van der Waals surface area contributed by atoms with Gasteiger partial charge in [-0.05, 0) is 31.2 Å². The second kappa shape index (κ2) is 6.48. The predicted molar refractivity (Wildman–Crippen MR) is 74.5 cm³/mol. The summed E-state index contributed by atoms with van der Waals surface area (Å²) >= 11 is 0. The van der Waals surface area contributed by atoms with Crippen LogP contribution in [0.5, 0.6) is 0 Å². The van der Waals surface area contributed by atoms with Crippen molar-refractivity contribution in [2.45, 2.75) is 17.7 Å². The van der Waals surface area contributed by atoms with Gasteiger partial charge in [-0.15, -0.1) is 0 Å². The first kappa shape index (κ1) is 18.3. The number of benzene rings is 2. The normalized spacial score (nSPS) is 12.4. The number of alkyl halides is 2. The summed E-state index contributed by atoms with van der Waals surface area (Å²) in [6, 6.07) is 5.39. The molecule has 0 N–H and O–H groups in total. The molecule has 130 valence electrons. The summed E-state index contributed by atoms with van der Waals surface area (Å²) in [5, 5.41) is 0. The first-order valence-electron chi connectivity index (χ1n) is 6.52. The standard InChI is InChI=1S/C15H11F5O3S/c1-9-2-4-11(5-3-9)24(21,22)23-8-15(19,20)10-6-12(16)14(18)13(17)7-10/h2-7H,8H2,1H3. The Morgan fingerprint density at radius 3 is 2.00 bits per heavy atom. The summed E-state index contributed by atoms with van der Waals surface area (Å²) in [5.41, 5.74) is -0.491. The highest BCUT2D eigenvalue weighted by Crippen LogP contribution is 2.31. The van der Waals surface area contributed by atoms with Crippen molar-refractivity contribution in [3.8, 4) is 0 Å². The summed E-state index contributed by atoms with van der Waals surface area (Å²) in [6.45, 7) is 0.0107. The molecule has 0 saturated heterocycles. The maximum atomic E-state index is 13.9.